The molecule has 3 N–H and O–H groups in total. The fraction of sp³-hybridized carbons (Fsp3) is 1.00. The average Bonchev–Trinajstić information content (AvgIpc) is 2.92. The molecule has 0 amide bonds. The molecule has 19 heavy (non-hydrogen) atoms. The van der Waals surface area contributed by atoms with E-state index in [1.165, 1.54) is 45.1 Å². The van der Waals surface area contributed by atoms with Crippen molar-refractivity contribution in [3.63, 3.8) is 0 Å². The van der Waals surface area contributed by atoms with Gasteiger partial charge in [-0.2, -0.15) is 0 Å². The minimum absolute atomic E-state index is 0.301. The summed E-state index contributed by atoms with van der Waals surface area (Å²) in [5, 5.41) is 16.8. The van der Waals surface area contributed by atoms with Gasteiger partial charge in [0.2, 0.25) is 0 Å². The monoisotopic (exact) mass is 268 g/mol. The number of nitrogens with one attached hydrogen (secondary N) is 2. The molecule has 0 aromatic carbocycles. The van der Waals surface area contributed by atoms with Crippen molar-refractivity contribution in [3.8, 4) is 0 Å². The predicted molar refractivity (Wildman–Crippen MR) is 80.2 cm³/mol. The Morgan fingerprint density at radius 3 is 2.58 bits per heavy atom. The highest BCUT2D eigenvalue weighted by atomic mass is 16.3. The number of rotatable bonds is 6. The molecule has 3 heteroatoms. The fourth-order valence-electron chi connectivity index (χ4n) is 3.95. The Bertz CT molecular complexity index is 251. The van der Waals surface area contributed by atoms with Gasteiger partial charge in [-0.05, 0) is 50.5 Å². The van der Waals surface area contributed by atoms with Gasteiger partial charge in [0.15, 0.2) is 0 Å². The topological polar surface area (TPSA) is 44.3 Å². The molecule has 0 bridgehead atoms. The Hall–Kier alpha value is -0.120. The molecule has 0 spiro atoms. The van der Waals surface area contributed by atoms with E-state index in [0.717, 1.165) is 18.4 Å². The zero-order valence-electron chi connectivity index (χ0n) is 12.7. The van der Waals surface area contributed by atoms with Gasteiger partial charge < -0.3 is 15.7 Å². The molecule has 4 unspecified atom stereocenters. The van der Waals surface area contributed by atoms with E-state index in [0.29, 0.717) is 24.6 Å². The Kier molecular flexibility index (Phi) is 6.11. The Balaban J connectivity index is 1.93. The largest absolute Gasteiger partial charge is 0.396 e. The summed E-state index contributed by atoms with van der Waals surface area (Å²) in [7, 11) is 0. The summed E-state index contributed by atoms with van der Waals surface area (Å²) in [6.45, 7) is 6.03. The molecule has 0 aromatic rings. The summed E-state index contributed by atoms with van der Waals surface area (Å²) in [5.74, 6) is 1.41. The van der Waals surface area contributed by atoms with Crippen LogP contribution in [-0.4, -0.2) is 36.4 Å². The third-order valence-electron chi connectivity index (χ3n) is 5.11. The van der Waals surface area contributed by atoms with Gasteiger partial charge in [0.1, 0.15) is 0 Å². The van der Waals surface area contributed by atoms with Crippen LogP contribution in [0, 0.1) is 11.8 Å². The second kappa shape index (κ2) is 7.61. The zero-order chi connectivity index (χ0) is 13.7. The third kappa shape index (κ3) is 4.17. The molecule has 0 radical (unpaired) electrons. The van der Waals surface area contributed by atoms with Crippen molar-refractivity contribution in [3.05, 3.63) is 0 Å². The second-order valence-electron chi connectivity index (χ2n) is 6.79. The molecule has 2 rings (SSSR count). The molecule has 3 nitrogen and oxygen atoms in total. The first-order valence-corrected chi connectivity index (χ1v) is 8.32. The van der Waals surface area contributed by atoms with E-state index in [1.54, 1.807) is 0 Å². The fourth-order valence-corrected chi connectivity index (χ4v) is 3.95. The lowest BCUT2D eigenvalue weighted by molar-refractivity contribution is 0.170. The molecule has 1 heterocycles. The standard InChI is InChI=1S/C16H32N2O/c1-12(2)14(9-11-19)18-16-7-4-3-6-13(16)15-8-5-10-17-15/h12-19H,3-11H2,1-2H3. The van der Waals surface area contributed by atoms with Crippen molar-refractivity contribution in [1.82, 2.24) is 10.6 Å². The van der Waals surface area contributed by atoms with Crippen LogP contribution < -0.4 is 10.6 Å². The molecule has 1 aliphatic heterocycles. The first-order chi connectivity index (χ1) is 9.22. The lowest BCUT2D eigenvalue weighted by Gasteiger charge is -2.39. The maximum atomic E-state index is 9.24. The quantitative estimate of drug-likeness (QED) is 0.692. The molecular formula is C16H32N2O. The maximum Gasteiger partial charge on any atom is 0.0445 e. The highest BCUT2D eigenvalue weighted by molar-refractivity contribution is 4.93. The smallest absolute Gasteiger partial charge is 0.0445 e. The predicted octanol–water partition coefficient (Wildman–Crippen LogP) is 2.29. The SMILES string of the molecule is CC(C)C(CCO)NC1CCCCC1C1CCCN1. The highest BCUT2D eigenvalue weighted by Gasteiger charge is 2.34. The van der Waals surface area contributed by atoms with Gasteiger partial charge in [-0.25, -0.2) is 0 Å². The summed E-state index contributed by atoms with van der Waals surface area (Å²) in [6, 6.07) is 1.86. The summed E-state index contributed by atoms with van der Waals surface area (Å²) in [4.78, 5) is 0. The summed E-state index contributed by atoms with van der Waals surface area (Å²) in [6.07, 6.45) is 9.04. The van der Waals surface area contributed by atoms with Crippen LogP contribution in [0.5, 0.6) is 0 Å². The van der Waals surface area contributed by atoms with Gasteiger partial charge in [0.05, 0.1) is 0 Å². The van der Waals surface area contributed by atoms with E-state index < -0.39 is 0 Å². The second-order valence-corrected chi connectivity index (χ2v) is 6.79. The number of hydrogen-bond acceptors (Lipinski definition) is 3. The van der Waals surface area contributed by atoms with Crippen molar-refractivity contribution in [2.75, 3.05) is 13.2 Å². The van der Waals surface area contributed by atoms with Gasteiger partial charge in [-0.15, -0.1) is 0 Å². The molecular weight excluding hydrogens is 236 g/mol. The Morgan fingerprint density at radius 1 is 1.16 bits per heavy atom. The number of hydrogen-bond donors (Lipinski definition) is 3. The minimum Gasteiger partial charge on any atom is -0.396 e. The van der Waals surface area contributed by atoms with Gasteiger partial charge in [0, 0.05) is 24.7 Å². The molecule has 1 aliphatic carbocycles. The first-order valence-electron chi connectivity index (χ1n) is 8.32. The van der Waals surface area contributed by atoms with Gasteiger partial charge >= 0.3 is 0 Å². The molecule has 0 aromatic heterocycles. The lowest BCUT2D eigenvalue weighted by atomic mass is 9.78. The van der Waals surface area contributed by atoms with Gasteiger partial charge in [0.25, 0.3) is 0 Å². The van der Waals surface area contributed by atoms with E-state index in [4.69, 9.17) is 0 Å². The van der Waals surface area contributed by atoms with E-state index in [9.17, 15) is 5.11 Å². The van der Waals surface area contributed by atoms with Crippen LogP contribution in [0.15, 0.2) is 0 Å². The van der Waals surface area contributed by atoms with Gasteiger partial charge in [-0.3, -0.25) is 0 Å². The van der Waals surface area contributed by atoms with Crippen molar-refractivity contribution in [2.45, 2.75) is 76.9 Å². The summed E-state index contributed by atoms with van der Waals surface area (Å²) < 4.78 is 0. The maximum absolute atomic E-state index is 9.24. The van der Waals surface area contributed by atoms with Crippen LogP contribution in [-0.2, 0) is 0 Å². The first kappa shape index (κ1) is 15.3. The van der Waals surface area contributed by atoms with Crippen LogP contribution in [0.3, 0.4) is 0 Å². The molecule has 2 aliphatic rings. The molecule has 2 fully saturated rings. The van der Waals surface area contributed by atoms with Crippen molar-refractivity contribution in [1.29, 1.82) is 0 Å². The normalized spacial score (nSPS) is 33.8. The van der Waals surface area contributed by atoms with Crippen LogP contribution in [0.25, 0.3) is 0 Å². The van der Waals surface area contributed by atoms with Crippen molar-refractivity contribution in [2.24, 2.45) is 11.8 Å². The Labute approximate surface area is 118 Å². The van der Waals surface area contributed by atoms with E-state index in [-0.39, 0.29) is 0 Å². The minimum atomic E-state index is 0.301. The van der Waals surface area contributed by atoms with E-state index >= 15 is 0 Å². The van der Waals surface area contributed by atoms with E-state index in [1.807, 2.05) is 0 Å². The van der Waals surface area contributed by atoms with Crippen LogP contribution in [0.1, 0.15) is 58.8 Å². The van der Waals surface area contributed by atoms with Crippen molar-refractivity contribution >= 4 is 0 Å². The molecule has 1 saturated heterocycles. The average molecular weight is 268 g/mol. The van der Waals surface area contributed by atoms with Crippen LogP contribution in [0.2, 0.25) is 0 Å². The van der Waals surface area contributed by atoms with Crippen LogP contribution >= 0.6 is 0 Å². The number of aliphatic hydroxyl groups is 1. The van der Waals surface area contributed by atoms with E-state index in [2.05, 4.69) is 24.5 Å². The summed E-state index contributed by atoms with van der Waals surface area (Å²) >= 11 is 0. The molecule has 4 atom stereocenters. The lowest BCUT2D eigenvalue weighted by Crippen LogP contribution is -2.51. The number of aliphatic hydroxyl groups excluding tert-OH is 1. The molecule has 112 valence electrons. The van der Waals surface area contributed by atoms with Crippen LogP contribution in [0.4, 0.5) is 0 Å². The zero-order valence-corrected chi connectivity index (χ0v) is 12.7. The van der Waals surface area contributed by atoms with Crippen molar-refractivity contribution < 1.29 is 5.11 Å². The van der Waals surface area contributed by atoms with Gasteiger partial charge in [-0.1, -0.05) is 26.7 Å². The Morgan fingerprint density at radius 2 is 1.95 bits per heavy atom. The summed E-state index contributed by atoms with van der Waals surface area (Å²) in [5.41, 5.74) is 0. The third-order valence-corrected chi connectivity index (χ3v) is 5.11. The molecule has 1 saturated carbocycles. The highest BCUT2D eigenvalue weighted by Crippen LogP contribution is 2.31.